The van der Waals surface area contributed by atoms with Crippen LogP contribution in [0, 0.1) is 4.77 Å². The molecule has 1 aliphatic heterocycles. The molecule has 3 heterocycles. The maximum absolute atomic E-state index is 5.36. The van der Waals surface area contributed by atoms with Crippen LogP contribution >= 0.6 is 12.2 Å². The van der Waals surface area contributed by atoms with Gasteiger partial charge in [0.25, 0.3) is 0 Å². The van der Waals surface area contributed by atoms with Gasteiger partial charge in [0.05, 0.1) is 5.52 Å². The van der Waals surface area contributed by atoms with Crippen molar-refractivity contribution in [1.82, 2.24) is 14.6 Å². The fourth-order valence-electron chi connectivity index (χ4n) is 2.27. The second kappa shape index (κ2) is 3.90. The van der Waals surface area contributed by atoms with E-state index in [9.17, 15) is 0 Å². The van der Waals surface area contributed by atoms with E-state index in [1.165, 1.54) is 19.3 Å². The highest BCUT2D eigenvalue weighted by Gasteiger charge is 2.14. The van der Waals surface area contributed by atoms with Crippen LogP contribution in [0.3, 0.4) is 0 Å². The molecule has 0 bridgehead atoms. The smallest absolute Gasteiger partial charge is 0.198 e. The molecule has 0 saturated carbocycles. The fraction of sp³-hybridized carbons (Fsp3) is 0.455. The Kier molecular flexibility index (Phi) is 2.40. The summed E-state index contributed by atoms with van der Waals surface area (Å²) in [7, 11) is 0. The lowest BCUT2D eigenvalue weighted by molar-refractivity contribution is 0.481. The van der Waals surface area contributed by atoms with Crippen LogP contribution in [0.15, 0.2) is 18.3 Å². The highest BCUT2D eigenvalue weighted by molar-refractivity contribution is 7.71. The molecule has 1 fully saturated rings. The van der Waals surface area contributed by atoms with E-state index in [4.69, 9.17) is 12.2 Å². The molecule has 2 aromatic heterocycles. The molecule has 0 aliphatic carbocycles. The SMILES string of the molecule is S=c1[nH]c2cccnc2n1N1CCCCC1. The first-order valence-electron chi connectivity index (χ1n) is 5.67. The van der Waals surface area contributed by atoms with E-state index in [0.717, 1.165) is 29.0 Å². The van der Waals surface area contributed by atoms with Crippen LogP contribution in [0.25, 0.3) is 11.2 Å². The molecule has 84 valence electrons. The highest BCUT2D eigenvalue weighted by atomic mass is 32.1. The minimum atomic E-state index is 0.746. The van der Waals surface area contributed by atoms with Crippen LogP contribution in [0.1, 0.15) is 19.3 Å². The number of rotatable bonds is 1. The number of piperidine rings is 1. The maximum Gasteiger partial charge on any atom is 0.198 e. The number of pyridine rings is 1. The lowest BCUT2D eigenvalue weighted by Crippen LogP contribution is -2.39. The standard InChI is InChI=1S/C11H14N4S/c16-11-13-9-5-4-6-12-10(9)15(11)14-7-2-1-3-8-14/h4-6H,1-3,7-8H2,(H,13,16). The van der Waals surface area contributed by atoms with E-state index in [-0.39, 0.29) is 0 Å². The van der Waals surface area contributed by atoms with Gasteiger partial charge in [0.2, 0.25) is 0 Å². The first-order chi connectivity index (χ1) is 7.86. The van der Waals surface area contributed by atoms with E-state index in [2.05, 4.69) is 15.0 Å². The van der Waals surface area contributed by atoms with Crippen LogP contribution in [0.5, 0.6) is 0 Å². The summed E-state index contributed by atoms with van der Waals surface area (Å²) in [5.74, 6) is 0. The van der Waals surface area contributed by atoms with Crippen molar-refractivity contribution >= 4 is 23.4 Å². The number of nitrogens with zero attached hydrogens (tertiary/aromatic N) is 3. The highest BCUT2D eigenvalue weighted by Crippen LogP contribution is 2.15. The van der Waals surface area contributed by atoms with E-state index in [0.29, 0.717) is 0 Å². The zero-order valence-electron chi connectivity index (χ0n) is 9.02. The van der Waals surface area contributed by atoms with E-state index in [1.807, 2.05) is 23.0 Å². The van der Waals surface area contributed by atoms with Gasteiger partial charge in [-0.05, 0) is 43.6 Å². The molecule has 5 heteroatoms. The molecule has 1 N–H and O–H groups in total. The molecule has 0 unspecified atom stereocenters. The average Bonchev–Trinajstić information content (AvgIpc) is 2.66. The van der Waals surface area contributed by atoms with Crippen LogP contribution in [-0.4, -0.2) is 27.7 Å². The number of hydrogen-bond acceptors (Lipinski definition) is 3. The van der Waals surface area contributed by atoms with Crippen molar-refractivity contribution in [2.24, 2.45) is 0 Å². The third-order valence-electron chi connectivity index (χ3n) is 3.04. The molecule has 16 heavy (non-hydrogen) atoms. The fourth-order valence-corrected chi connectivity index (χ4v) is 2.58. The number of H-pyrrole nitrogens is 1. The quantitative estimate of drug-likeness (QED) is 0.769. The van der Waals surface area contributed by atoms with E-state index < -0.39 is 0 Å². The predicted octanol–water partition coefficient (Wildman–Crippen LogP) is 2.22. The molecular formula is C11H14N4S. The van der Waals surface area contributed by atoms with Gasteiger partial charge in [0, 0.05) is 19.3 Å². The van der Waals surface area contributed by atoms with Crippen LogP contribution in [0.4, 0.5) is 0 Å². The minimum absolute atomic E-state index is 0.746. The summed E-state index contributed by atoms with van der Waals surface area (Å²) in [6.07, 6.45) is 5.60. The van der Waals surface area contributed by atoms with Gasteiger partial charge in [-0.3, -0.25) is 0 Å². The molecule has 0 atom stereocenters. The first kappa shape index (κ1) is 9.84. The largest absolute Gasteiger partial charge is 0.328 e. The third-order valence-corrected chi connectivity index (χ3v) is 3.31. The van der Waals surface area contributed by atoms with Crippen LogP contribution in [-0.2, 0) is 0 Å². The van der Waals surface area contributed by atoms with Gasteiger partial charge in [0.15, 0.2) is 10.4 Å². The summed E-state index contributed by atoms with van der Waals surface area (Å²) in [4.78, 5) is 7.60. The summed E-state index contributed by atoms with van der Waals surface area (Å²) in [5.41, 5.74) is 1.95. The van der Waals surface area contributed by atoms with Crippen molar-refractivity contribution in [3.8, 4) is 0 Å². The van der Waals surface area contributed by atoms with Crippen molar-refractivity contribution in [3.63, 3.8) is 0 Å². The molecule has 3 rings (SSSR count). The van der Waals surface area contributed by atoms with Gasteiger partial charge >= 0.3 is 0 Å². The predicted molar refractivity (Wildman–Crippen MR) is 66.7 cm³/mol. The third kappa shape index (κ3) is 1.51. The summed E-state index contributed by atoms with van der Waals surface area (Å²) in [5, 5.41) is 2.29. The van der Waals surface area contributed by atoms with Crippen LogP contribution < -0.4 is 5.01 Å². The molecular weight excluding hydrogens is 220 g/mol. The van der Waals surface area contributed by atoms with Crippen molar-refractivity contribution in [3.05, 3.63) is 23.1 Å². The van der Waals surface area contributed by atoms with Crippen molar-refractivity contribution in [2.45, 2.75) is 19.3 Å². The normalized spacial score (nSPS) is 16.9. The van der Waals surface area contributed by atoms with Gasteiger partial charge in [-0.2, -0.15) is 0 Å². The topological polar surface area (TPSA) is 36.9 Å². The number of nitrogens with one attached hydrogen (secondary N) is 1. The van der Waals surface area contributed by atoms with Gasteiger partial charge in [-0.1, -0.05) is 0 Å². The van der Waals surface area contributed by atoms with Gasteiger partial charge in [-0.25, -0.2) is 9.66 Å². The Morgan fingerprint density at radius 3 is 2.88 bits per heavy atom. The van der Waals surface area contributed by atoms with Crippen LogP contribution in [0.2, 0.25) is 0 Å². The zero-order valence-corrected chi connectivity index (χ0v) is 9.83. The number of aromatic nitrogens is 3. The minimum Gasteiger partial charge on any atom is -0.328 e. The molecule has 2 aromatic rings. The summed E-state index contributed by atoms with van der Waals surface area (Å²) in [6, 6.07) is 3.94. The first-order valence-corrected chi connectivity index (χ1v) is 6.08. The number of aromatic amines is 1. The lowest BCUT2D eigenvalue weighted by Gasteiger charge is -2.29. The number of imidazole rings is 1. The second-order valence-electron chi connectivity index (χ2n) is 4.13. The molecule has 4 nitrogen and oxygen atoms in total. The Labute approximate surface area is 98.9 Å². The van der Waals surface area contributed by atoms with E-state index >= 15 is 0 Å². The van der Waals surface area contributed by atoms with Crippen molar-refractivity contribution in [1.29, 1.82) is 0 Å². The molecule has 1 saturated heterocycles. The van der Waals surface area contributed by atoms with Crippen molar-refractivity contribution in [2.75, 3.05) is 18.1 Å². The summed E-state index contributed by atoms with van der Waals surface area (Å²) < 4.78 is 2.79. The Morgan fingerprint density at radius 1 is 1.25 bits per heavy atom. The van der Waals surface area contributed by atoms with E-state index in [1.54, 1.807) is 0 Å². The lowest BCUT2D eigenvalue weighted by atomic mass is 10.2. The zero-order chi connectivity index (χ0) is 11.0. The van der Waals surface area contributed by atoms with Gasteiger partial charge in [0.1, 0.15) is 0 Å². The Hall–Kier alpha value is -1.36. The van der Waals surface area contributed by atoms with Gasteiger partial charge in [-0.15, -0.1) is 0 Å². The molecule has 0 aromatic carbocycles. The Balaban J connectivity index is 2.14. The molecule has 0 spiro atoms. The number of hydrogen-bond donors (Lipinski definition) is 1. The van der Waals surface area contributed by atoms with Gasteiger partial charge < -0.3 is 9.99 Å². The maximum atomic E-state index is 5.36. The second-order valence-corrected chi connectivity index (χ2v) is 4.52. The molecule has 1 aliphatic rings. The van der Waals surface area contributed by atoms with Crippen molar-refractivity contribution < 1.29 is 0 Å². The molecule has 0 amide bonds. The molecule has 0 radical (unpaired) electrons. The monoisotopic (exact) mass is 234 g/mol. The Morgan fingerprint density at radius 2 is 2.06 bits per heavy atom. The average molecular weight is 234 g/mol. The summed E-state index contributed by atoms with van der Waals surface area (Å²) in [6.45, 7) is 2.13. The summed E-state index contributed by atoms with van der Waals surface area (Å²) >= 11 is 5.36. The Bertz CT molecular complexity index is 550. The number of fused-ring (bicyclic) bond motifs is 1.